The standard InChI is InChI=1S/C13H25O3/c1-4-7-8-12(6-3)13(14)16-11-10-15-9-5-2/h12H,2,4-11H2,1,3H3. The molecule has 0 saturated carbocycles. The molecular formula is C13H25O3. The molecule has 0 aromatic carbocycles. The quantitative estimate of drug-likeness (QED) is 0.427. The Morgan fingerprint density at radius 1 is 1.25 bits per heavy atom. The van der Waals surface area contributed by atoms with Gasteiger partial charge < -0.3 is 9.47 Å². The largest absolute Gasteiger partial charge is 0.463 e. The number of ether oxygens (including phenoxy) is 2. The van der Waals surface area contributed by atoms with E-state index in [0.717, 1.165) is 32.1 Å². The highest BCUT2D eigenvalue weighted by atomic mass is 16.6. The molecule has 0 rings (SSSR count). The third kappa shape index (κ3) is 7.69. The highest BCUT2D eigenvalue weighted by Gasteiger charge is 2.16. The maximum absolute atomic E-state index is 11.6. The van der Waals surface area contributed by atoms with Crippen LogP contribution in [0.5, 0.6) is 0 Å². The number of unbranched alkanes of at least 4 members (excludes halogenated alkanes) is 1. The molecule has 0 aromatic heterocycles. The molecule has 0 heterocycles. The van der Waals surface area contributed by atoms with Crippen LogP contribution >= 0.6 is 0 Å². The Labute approximate surface area is 99.5 Å². The van der Waals surface area contributed by atoms with Gasteiger partial charge in [0.25, 0.3) is 0 Å². The van der Waals surface area contributed by atoms with Gasteiger partial charge in [0.2, 0.25) is 0 Å². The maximum Gasteiger partial charge on any atom is 0.308 e. The van der Waals surface area contributed by atoms with Gasteiger partial charge in [0.15, 0.2) is 0 Å². The molecule has 95 valence electrons. The Morgan fingerprint density at radius 2 is 2.00 bits per heavy atom. The van der Waals surface area contributed by atoms with Gasteiger partial charge in [-0.1, -0.05) is 33.6 Å². The van der Waals surface area contributed by atoms with E-state index in [0.29, 0.717) is 19.8 Å². The first-order chi connectivity index (χ1) is 7.76. The number of esters is 1. The molecule has 0 bridgehead atoms. The van der Waals surface area contributed by atoms with Gasteiger partial charge in [-0.15, -0.1) is 0 Å². The fraction of sp³-hybridized carbons (Fsp3) is 0.846. The van der Waals surface area contributed by atoms with Crippen molar-refractivity contribution in [3.8, 4) is 0 Å². The molecule has 1 unspecified atom stereocenters. The summed E-state index contributed by atoms with van der Waals surface area (Å²) in [6, 6.07) is 0. The third-order valence-electron chi connectivity index (χ3n) is 2.49. The molecule has 1 radical (unpaired) electrons. The molecular weight excluding hydrogens is 204 g/mol. The van der Waals surface area contributed by atoms with Crippen molar-refractivity contribution in [2.24, 2.45) is 5.92 Å². The summed E-state index contributed by atoms with van der Waals surface area (Å²) in [5.41, 5.74) is 0. The van der Waals surface area contributed by atoms with Crippen LogP contribution in [0.3, 0.4) is 0 Å². The van der Waals surface area contributed by atoms with Crippen molar-refractivity contribution in [3.05, 3.63) is 6.92 Å². The molecule has 0 amide bonds. The molecule has 0 aliphatic heterocycles. The molecule has 0 saturated heterocycles. The van der Waals surface area contributed by atoms with E-state index < -0.39 is 0 Å². The van der Waals surface area contributed by atoms with Gasteiger partial charge in [0, 0.05) is 6.61 Å². The fourth-order valence-corrected chi connectivity index (χ4v) is 1.46. The normalized spacial score (nSPS) is 12.4. The minimum Gasteiger partial charge on any atom is -0.463 e. The lowest BCUT2D eigenvalue weighted by molar-refractivity contribution is -0.150. The van der Waals surface area contributed by atoms with Gasteiger partial charge in [-0.3, -0.25) is 4.79 Å². The number of hydrogen-bond donors (Lipinski definition) is 0. The van der Waals surface area contributed by atoms with E-state index in [2.05, 4.69) is 13.8 Å². The second kappa shape index (κ2) is 10.9. The third-order valence-corrected chi connectivity index (χ3v) is 2.49. The van der Waals surface area contributed by atoms with Crippen LogP contribution in [0.15, 0.2) is 0 Å². The highest BCUT2D eigenvalue weighted by molar-refractivity contribution is 5.72. The van der Waals surface area contributed by atoms with Crippen LogP contribution in [0.4, 0.5) is 0 Å². The summed E-state index contributed by atoms with van der Waals surface area (Å²) in [5, 5.41) is 0. The minimum absolute atomic E-state index is 0.0628. The monoisotopic (exact) mass is 229 g/mol. The van der Waals surface area contributed by atoms with E-state index in [1.807, 2.05) is 6.92 Å². The lowest BCUT2D eigenvalue weighted by Crippen LogP contribution is -2.19. The first-order valence-corrected chi connectivity index (χ1v) is 6.29. The lowest BCUT2D eigenvalue weighted by Gasteiger charge is -2.13. The Morgan fingerprint density at radius 3 is 2.56 bits per heavy atom. The Kier molecular flexibility index (Phi) is 10.5. The molecule has 0 spiro atoms. The van der Waals surface area contributed by atoms with Crippen molar-refractivity contribution in [2.45, 2.75) is 46.0 Å². The molecule has 0 fully saturated rings. The highest BCUT2D eigenvalue weighted by Crippen LogP contribution is 2.14. The van der Waals surface area contributed by atoms with Crippen LogP contribution in [0.1, 0.15) is 46.0 Å². The van der Waals surface area contributed by atoms with Crippen LogP contribution in [0, 0.1) is 12.8 Å². The van der Waals surface area contributed by atoms with E-state index in [1.54, 1.807) is 0 Å². The minimum atomic E-state index is -0.0748. The summed E-state index contributed by atoms with van der Waals surface area (Å²) < 4.78 is 10.3. The summed E-state index contributed by atoms with van der Waals surface area (Å²) in [7, 11) is 0. The summed E-state index contributed by atoms with van der Waals surface area (Å²) in [6.07, 6.45) is 4.76. The Balaban J connectivity index is 3.58. The average molecular weight is 229 g/mol. The van der Waals surface area contributed by atoms with E-state index in [-0.39, 0.29) is 11.9 Å². The van der Waals surface area contributed by atoms with Crippen molar-refractivity contribution >= 4 is 5.97 Å². The zero-order chi connectivity index (χ0) is 12.2. The molecule has 3 nitrogen and oxygen atoms in total. The van der Waals surface area contributed by atoms with E-state index in [9.17, 15) is 4.79 Å². The first kappa shape index (κ1) is 15.4. The lowest BCUT2D eigenvalue weighted by atomic mass is 10.00. The first-order valence-electron chi connectivity index (χ1n) is 6.29. The molecule has 1 atom stereocenters. The summed E-state index contributed by atoms with van der Waals surface area (Å²) in [6.45, 7) is 9.29. The number of carbonyl (C=O) groups is 1. The predicted molar refractivity (Wildman–Crippen MR) is 65.1 cm³/mol. The number of hydrogen-bond acceptors (Lipinski definition) is 3. The van der Waals surface area contributed by atoms with Gasteiger partial charge in [-0.05, 0) is 19.3 Å². The number of carbonyl (C=O) groups excluding carboxylic acids is 1. The van der Waals surface area contributed by atoms with Crippen LogP contribution in [-0.2, 0) is 14.3 Å². The Hall–Kier alpha value is -0.570. The smallest absolute Gasteiger partial charge is 0.308 e. The van der Waals surface area contributed by atoms with Crippen LogP contribution in [-0.4, -0.2) is 25.8 Å². The van der Waals surface area contributed by atoms with E-state index in [4.69, 9.17) is 9.47 Å². The zero-order valence-corrected chi connectivity index (χ0v) is 10.7. The zero-order valence-electron chi connectivity index (χ0n) is 10.7. The van der Waals surface area contributed by atoms with Crippen LogP contribution in [0.2, 0.25) is 0 Å². The summed E-state index contributed by atoms with van der Waals surface area (Å²) in [4.78, 5) is 11.6. The fourth-order valence-electron chi connectivity index (χ4n) is 1.46. The van der Waals surface area contributed by atoms with Crippen molar-refractivity contribution < 1.29 is 14.3 Å². The van der Waals surface area contributed by atoms with Crippen molar-refractivity contribution in [2.75, 3.05) is 19.8 Å². The maximum atomic E-state index is 11.6. The molecule has 3 heteroatoms. The van der Waals surface area contributed by atoms with Gasteiger partial charge in [-0.25, -0.2) is 0 Å². The SMILES string of the molecule is [CH2]CCOCCOC(=O)C(CC)CCCC. The van der Waals surface area contributed by atoms with E-state index >= 15 is 0 Å². The number of rotatable bonds is 10. The van der Waals surface area contributed by atoms with Gasteiger partial charge in [0.05, 0.1) is 12.5 Å². The summed E-state index contributed by atoms with van der Waals surface area (Å²) in [5.74, 6) is -0.0121. The van der Waals surface area contributed by atoms with Gasteiger partial charge >= 0.3 is 5.97 Å². The van der Waals surface area contributed by atoms with Crippen molar-refractivity contribution in [1.29, 1.82) is 0 Å². The average Bonchev–Trinajstić information content (AvgIpc) is 2.30. The molecule has 0 aliphatic rings. The van der Waals surface area contributed by atoms with Crippen molar-refractivity contribution in [1.82, 2.24) is 0 Å². The second-order valence-corrected chi connectivity index (χ2v) is 3.88. The topological polar surface area (TPSA) is 35.5 Å². The Bertz CT molecular complexity index is 169. The van der Waals surface area contributed by atoms with E-state index in [1.165, 1.54) is 0 Å². The van der Waals surface area contributed by atoms with Gasteiger partial charge in [-0.2, -0.15) is 0 Å². The molecule has 0 N–H and O–H groups in total. The van der Waals surface area contributed by atoms with Crippen LogP contribution in [0.25, 0.3) is 0 Å². The van der Waals surface area contributed by atoms with Gasteiger partial charge in [0.1, 0.15) is 6.61 Å². The molecule has 0 aromatic rings. The summed E-state index contributed by atoms with van der Waals surface area (Å²) >= 11 is 0. The second-order valence-electron chi connectivity index (χ2n) is 3.88. The molecule has 0 aliphatic carbocycles. The van der Waals surface area contributed by atoms with Crippen LogP contribution < -0.4 is 0 Å². The molecule has 16 heavy (non-hydrogen) atoms. The van der Waals surface area contributed by atoms with Crippen molar-refractivity contribution in [3.63, 3.8) is 0 Å². The predicted octanol–water partition coefficient (Wildman–Crippen LogP) is 2.99.